The van der Waals surface area contributed by atoms with Crippen LogP contribution in [0.3, 0.4) is 0 Å². The minimum atomic E-state index is -0.0895. The van der Waals surface area contributed by atoms with Gasteiger partial charge in [0.2, 0.25) is 0 Å². The zero-order valence-electron chi connectivity index (χ0n) is 15.8. The van der Waals surface area contributed by atoms with Crippen molar-refractivity contribution in [1.82, 2.24) is 25.5 Å². The van der Waals surface area contributed by atoms with E-state index in [1.165, 1.54) is 0 Å². The molecule has 0 saturated carbocycles. The number of aryl methyl sites for hydroxylation is 3. The van der Waals surface area contributed by atoms with Gasteiger partial charge < -0.3 is 5.32 Å². The lowest BCUT2D eigenvalue weighted by Crippen LogP contribution is -2.25. The van der Waals surface area contributed by atoms with Crippen LogP contribution in [0.25, 0.3) is 11.3 Å². The first-order chi connectivity index (χ1) is 13.0. The van der Waals surface area contributed by atoms with Crippen LogP contribution in [0, 0.1) is 13.8 Å². The maximum atomic E-state index is 12.3. The van der Waals surface area contributed by atoms with E-state index in [1.807, 2.05) is 44.2 Å². The van der Waals surface area contributed by atoms with Crippen LogP contribution in [-0.2, 0) is 12.8 Å². The Morgan fingerprint density at radius 2 is 1.85 bits per heavy atom. The van der Waals surface area contributed by atoms with Gasteiger partial charge in [-0.15, -0.1) is 21.5 Å². The first kappa shape index (κ1) is 19.1. The van der Waals surface area contributed by atoms with Gasteiger partial charge in [0, 0.05) is 29.8 Å². The third kappa shape index (κ3) is 5.17. The number of amides is 1. The Hall–Kier alpha value is -2.67. The largest absolute Gasteiger partial charge is 0.352 e. The number of nitrogens with one attached hydrogen (secondary N) is 1. The summed E-state index contributed by atoms with van der Waals surface area (Å²) in [7, 11) is 0. The molecule has 1 aromatic carbocycles. The van der Waals surface area contributed by atoms with Crippen LogP contribution in [0.4, 0.5) is 0 Å². The number of nitrogens with zero attached hydrogens (tertiary/aromatic N) is 4. The van der Waals surface area contributed by atoms with Crippen molar-refractivity contribution in [3.63, 3.8) is 0 Å². The van der Waals surface area contributed by atoms with Crippen molar-refractivity contribution >= 4 is 17.2 Å². The van der Waals surface area contributed by atoms with Crippen LogP contribution in [0.2, 0.25) is 0 Å². The van der Waals surface area contributed by atoms with Crippen LogP contribution >= 0.6 is 11.3 Å². The molecule has 3 rings (SSSR count). The molecule has 7 heteroatoms. The summed E-state index contributed by atoms with van der Waals surface area (Å²) >= 11 is 1.55. The van der Waals surface area contributed by atoms with E-state index in [-0.39, 0.29) is 5.91 Å². The molecule has 0 aliphatic rings. The van der Waals surface area contributed by atoms with Crippen LogP contribution in [0.15, 0.2) is 30.3 Å². The molecule has 0 saturated heterocycles. The lowest BCUT2D eigenvalue weighted by atomic mass is 10.1. The molecule has 27 heavy (non-hydrogen) atoms. The SMILES string of the molecule is CCCc1cc(-c2ccc(C(=O)NCCc3nnc(C)s3)cc2)nc(C)n1. The molecule has 0 radical (unpaired) electrons. The van der Waals surface area contributed by atoms with E-state index in [2.05, 4.69) is 32.4 Å². The Morgan fingerprint density at radius 1 is 1.07 bits per heavy atom. The number of benzene rings is 1. The predicted molar refractivity (Wildman–Crippen MR) is 107 cm³/mol. The number of carbonyl (C=O) groups excluding carboxylic acids is 1. The molecular formula is C20H23N5OS. The Morgan fingerprint density at radius 3 is 2.52 bits per heavy atom. The molecule has 0 aliphatic heterocycles. The summed E-state index contributed by atoms with van der Waals surface area (Å²) in [6.45, 7) is 6.51. The highest BCUT2D eigenvalue weighted by Crippen LogP contribution is 2.19. The molecule has 6 nitrogen and oxygen atoms in total. The van der Waals surface area contributed by atoms with Gasteiger partial charge in [-0.05, 0) is 38.5 Å². The summed E-state index contributed by atoms with van der Waals surface area (Å²) in [4.78, 5) is 21.3. The lowest BCUT2D eigenvalue weighted by molar-refractivity contribution is 0.0954. The summed E-state index contributed by atoms with van der Waals surface area (Å²) in [6.07, 6.45) is 2.67. The van der Waals surface area contributed by atoms with Gasteiger partial charge in [0.1, 0.15) is 15.8 Å². The average molecular weight is 382 g/mol. The second-order valence-corrected chi connectivity index (χ2v) is 7.61. The highest BCUT2D eigenvalue weighted by atomic mass is 32.1. The van der Waals surface area contributed by atoms with Crippen LogP contribution < -0.4 is 5.32 Å². The molecule has 1 N–H and O–H groups in total. The van der Waals surface area contributed by atoms with Gasteiger partial charge in [-0.25, -0.2) is 9.97 Å². The normalized spacial score (nSPS) is 10.8. The van der Waals surface area contributed by atoms with Crippen molar-refractivity contribution < 1.29 is 4.79 Å². The zero-order valence-corrected chi connectivity index (χ0v) is 16.6. The summed E-state index contributed by atoms with van der Waals surface area (Å²) < 4.78 is 0. The van der Waals surface area contributed by atoms with Gasteiger partial charge in [0.15, 0.2) is 0 Å². The van der Waals surface area contributed by atoms with Gasteiger partial charge in [-0.1, -0.05) is 25.5 Å². The number of aromatic nitrogens is 4. The Balaban J connectivity index is 1.63. The maximum Gasteiger partial charge on any atom is 0.251 e. The predicted octanol–water partition coefficient (Wildman–Crippen LogP) is 3.54. The maximum absolute atomic E-state index is 12.3. The standard InChI is InChI=1S/C20H23N5OS/c1-4-5-17-12-18(23-13(2)22-17)15-6-8-16(9-7-15)20(26)21-11-10-19-25-24-14(3)27-19/h6-9,12H,4-5,10-11H2,1-3H3,(H,21,26). The van der Waals surface area contributed by atoms with Crippen LogP contribution in [0.5, 0.6) is 0 Å². The van der Waals surface area contributed by atoms with Gasteiger partial charge in [0.05, 0.1) is 5.69 Å². The molecule has 0 fully saturated rings. The Kier molecular flexibility index (Phi) is 6.24. The van der Waals surface area contributed by atoms with Crippen molar-refractivity contribution in [3.8, 4) is 11.3 Å². The summed E-state index contributed by atoms with van der Waals surface area (Å²) in [6, 6.07) is 9.55. The number of carbonyl (C=O) groups is 1. The Labute approximate surface area is 163 Å². The third-order valence-corrected chi connectivity index (χ3v) is 4.93. The number of hydrogen-bond donors (Lipinski definition) is 1. The van der Waals surface area contributed by atoms with Crippen molar-refractivity contribution in [2.75, 3.05) is 6.54 Å². The minimum absolute atomic E-state index is 0.0895. The van der Waals surface area contributed by atoms with Crippen molar-refractivity contribution in [2.45, 2.75) is 40.0 Å². The van der Waals surface area contributed by atoms with Gasteiger partial charge in [-0.3, -0.25) is 4.79 Å². The first-order valence-corrected chi connectivity index (χ1v) is 9.89. The fourth-order valence-electron chi connectivity index (χ4n) is 2.78. The first-order valence-electron chi connectivity index (χ1n) is 9.07. The van der Waals surface area contributed by atoms with E-state index in [4.69, 9.17) is 0 Å². The Bertz CT molecular complexity index is 920. The molecule has 0 spiro atoms. The van der Waals surface area contributed by atoms with Crippen molar-refractivity contribution in [3.05, 3.63) is 57.4 Å². The molecule has 0 atom stereocenters. The second-order valence-electron chi connectivity index (χ2n) is 6.34. The second kappa shape index (κ2) is 8.81. The molecule has 2 aromatic heterocycles. The minimum Gasteiger partial charge on any atom is -0.352 e. The zero-order chi connectivity index (χ0) is 19.2. The van der Waals surface area contributed by atoms with E-state index in [9.17, 15) is 4.79 Å². The molecule has 0 aliphatic carbocycles. The van der Waals surface area contributed by atoms with Gasteiger partial charge >= 0.3 is 0 Å². The molecule has 0 unspecified atom stereocenters. The van der Waals surface area contributed by atoms with E-state index < -0.39 is 0 Å². The smallest absolute Gasteiger partial charge is 0.251 e. The molecule has 140 valence electrons. The molecule has 1 amide bonds. The third-order valence-electron chi connectivity index (χ3n) is 4.03. The quantitative estimate of drug-likeness (QED) is 0.677. The molecule has 0 bridgehead atoms. The van der Waals surface area contributed by atoms with Gasteiger partial charge in [0.25, 0.3) is 5.91 Å². The molecule has 3 aromatic rings. The lowest BCUT2D eigenvalue weighted by Gasteiger charge is -2.07. The van der Waals surface area contributed by atoms with E-state index in [0.29, 0.717) is 18.5 Å². The fourth-order valence-corrected chi connectivity index (χ4v) is 3.49. The van der Waals surface area contributed by atoms with Gasteiger partial charge in [-0.2, -0.15) is 0 Å². The number of hydrogen-bond acceptors (Lipinski definition) is 6. The average Bonchev–Trinajstić information content (AvgIpc) is 3.07. The van der Waals surface area contributed by atoms with E-state index in [0.717, 1.165) is 45.6 Å². The summed E-state index contributed by atoms with van der Waals surface area (Å²) in [5.74, 6) is 0.679. The van der Waals surface area contributed by atoms with E-state index in [1.54, 1.807) is 11.3 Å². The molecule has 2 heterocycles. The van der Waals surface area contributed by atoms with Crippen LogP contribution in [0.1, 0.15) is 45.2 Å². The molecular weight excluding hydrogens is 358 g/mol. The van der Waals surface area contributed by atoms with Crippen molar-refractivity contribution in [2.24, 2.45) is 0 Å². The topological polar surface area (TPSA) is 80.7 Å². The monoisotopic (exact) mass is 381 g/mol. The number of rotatable bonds is 7. The summed E-state index contributed by atoms with van der Waals surface area (Å²) in [5.41, 5.74) is 3.56. The highest BCUT2D eigenvalue weighted by molar-refractivity contribution is 7.11. The fraction of sp³-hybridized carbons (Fsp3) is 0.350. The van der Waals surface area contributed by atoms with Crippen molar-refractivity contribution in [1.29, 1.82) is 0 Å². The summed E-state index contributed by atoms with van der Waals surface area (Å²) in [5, 5.41) is 12.8. The van der Waals surface area contributed by atoms with E-state index >= 15 is 0 Å². The highest BCUT2D eigenvalue weighted by Gasteiger charge is 2.09. The van der Waals surface area contributed by atoms with Crippen LogP contribution in [-0.4, -0.2) is 32.6 Å².